The van der Waals surface area contributed by atoms with E-state index in [2.05, 4.69) is 46.6 Å². The molecule has 1 rings (SSSR count). The van der Waals surface area contributed by atoms with Gasteiger partial charge in [0.05, 0.1) is 5.88 Å². The van der Waals surface area contributed by atoms with Crippen LogP contribution in [0.2, 0.25) is 0 Å². The summed E-state index contributed by atoms with van der Waals surface area (Å²) in [4.78, 5) is 6.78. The molecule has 2 nitrogen and oxygen atoms in total. The number of pyridine rings is 1. The summed E-state index contributed by atoms with van der Waals surface area (Å²) in [6.07, 6.45) is 2.93. The summed E-state index contributed by atoms with van der Waals surface area (Å²) in [6.45, 7) is 7.50. The normalized spacial score (nSPS) is 12.6. The quantitative estimate of drug-likeness (QED) is 0.758. The maximum Gasteiger partial charge on any atom is 0.133 e. The molecule has 0 saturated carbocycles. The van der Waals surface area contributed by atoms with Crippen LogP contribution in [0.3, 0.4) is 0 Å². The molecule has 0 aliphatic heterocycles. The molecule has 1 unspecified atom stereocenters. The summed E-state index contributed by atoms with van der Waals surface area (Å²) >= 11 is 9.39. The first-order valence-electron chi connectivity index (χ1n) is 5.61. The largest absolute Gasteiger partial charge is 0.354 e. The minimum absolute atomic E-state index is 0.487. The number of halogens is 2. The van der Waals surface area contributed by atoms with Crippen molar-refractivity contribution in [1.82, 2.24) is 4.98 Å². The minimum Gasteiger partial charge on any atom is -0.354 e. The molecule has 0 spiro atoms. The van der Waals surface area contributed by atoms with E-state index in [0.717, 1.165) is 28.8 Å². The van der Waals surface area contributed by atoms with E-state index in [9.17, 15) is 0 Å². The molecule has 0 amide bonds. The van der Waals surface area contributed by atoms with Crippen molar-refractivity contribution < 1.29 is 0 Å². The van der Waals surface area contributed by atoms with E-state index >= 15 is 0 Å². The number of rotatable bonds is 5. The predicted molar refractivity (Wildman–Crippen MR) is 74.3 cm³/mol. The number of anilines is 1. The van der Waals surface area contributed by atoms with Crippen LogP contribution in [0, 0.1) is 0 Å². The molecule has 1 atom stereocenters. The molecule has 0 radical (unpaired) electrons. The van der Waals surface area contributed by atoms with Gasteiger partial charge in [0.1, 0.15) is 5.82 Å². The molecule has 1 aromatic heterocycles. The van der Waals surface area contributed by atoms with Crippen molar-refractivity contribution >= 4 is 33.3 Å². The van der Waals surface area contributed by atoms with Gasteiger partial charge in [-0.05, 0) is 42.3 Å². The Labute approximate surface area is 111 Å². The molecule has 90 valence electrons. The summed E-state index contributed by atoms with van der Waals surface area (Å²) in [6, 6.07) is 2.53. The smallest absolute Gasteiger partial charge is 0.133 e. The fourth-order valence-corrected chi connectivity index (χ4v) is 2.30. The third-order valence-electron chi connectivity index (χ3n) is 2.79. The Morgan fingerprint density at radius 2 is 2.19 bits per heavy atom. The second-order valence-corrected chi connectivity index (χ2v) is 5.00. The summed E-state index contributed by atoms with van der Waals surface area (Å²) in [5.41, 5.74) is 1.08. The van der Waals surface area contributed by atoms with Crippen molar-refractivity contribution in [1.29, 1.82) is 0 Å². The van der Waals surface area contributed by atoms with Crippen molar-refractivity contribution in [2.75, 3.05) is 11.4 Å². The van der Waals surface area contributed by atoms with Gasteiger partial charge in [-0.2, -0.15) is 0 Å². The van der Waals surface area contributed by atoms with Crippen LogP contribution >= 0.6 is 27.5 Å². The van der Waals surface area contributed by atoms with Gasteiger partial charge in [-0.15, -0.1) is 11.6 Å². The van der Waals surface area contributed by atoms with Crippen LogP contribution in [0.1, 0.15) is 32.8 Å². The number of aromatic nitrogens is 1. The Hall–Kier alpha value is -0.280. The molecular weight excluding hydrogens is 288 g/mol. The Kier molecular flexibility index (Phi) is 5.56. The molecular formula is C12H18BrClN2. The Balaban J connectivity index is 3.08. The first-order valence-corrected chi connectivity index (χ1v) is 6.93. The summed E-state index contributed by atoms with van der Waals surface area (Å²) in [5.74, 6) is 1.50. The zero-order valence-electron chi connectivity index (χ0n) is 10.0. The number of alkyl halides is 1. The summed E-state index contributed by atoms with van der Waals surface area (Å²) in [5, 5.41) is 0. The molecule has 0 saturated heterocycles. The van der Waals surface area contributed by atoms with Gasteiger partial charge >= 0.3 is 0 Å². The number of hydrogen-bond donors (Lipinski definition) is 0. The standard InChI is InChI=1S/C12H18BrClN2/c1-4-9(3)16(5-2)12-10(7-14)6-11(13)8-15-12/h6,8-9H,4-5,7H2,1-3H3. The first kappa shape index (κ1) is 13.8. The summed E-state index contributed by atoms with van der Waals surface area (Å²) in [7, 11) is 0. The van der Waals surface area contributed by atoms with Gasteiger partial charge in [0, 0.05) is 28.8 Å². The fourth-order valence-electron chi connectivity index (χ4n) is 1.72. The third kappa shape index (κ3) is 3.11. The van der Waals surface area contributed by atoms with Crippen LogP contribution in [-0.4, -0.2) is 17.6 Å². The molecule has 0 aliphatic carbocycles. The van der Waals surface area contributed by atoms with Crippen molar-refractivity contribution in [3.8, 4) is 0 Å². The lowest BCUT2D eigenvalue weighted by Gasteiger charge is -2.29. The highest BCUT2D eigenvalue weighted by atomic mass is 79.9. The Morgan fingerprint density at radius 1 is 1.50 bits per heavy atom. The highest BCUT2D eigenvalue weighted by Crippen LogP contribution is 2.25. The lowest BCUT2D eigenvalue weighted by Crippen LogP contribution is -2.33. The second-order valence-electron chi connectivity index (χ2n) is 3.81. The van der Waals surface area contributed by atoms with E-state index in [-0.39, 0.29) is 0 Å². The Morgan fingerprint density at radius 3 is 2.69 bits per heavy atom. The van der Waals surface area contributed by atoms with Crippen molar-refractivity contribution in [3.63, 3.8) is 0 Å². The molecule has 16 heavy (non-hydrogen) atoms. The number of nitrogens with zero attached hydrogens (tertiary/aromatic N) is 2. The first-order chi connectivity index (χ1) is 7.63. The molecule has 0 bridgehead atoms. The van der Waals surface area contributed by atoms with Gasteiger partial charge in [0.2, 0.25) is 0 Å². The maximum atomic E-state index is 5.97. The minimum atomic E-state index is 0.487. The van der Waals surface area contributed by atoms with Gasteiger partial charge in [0.25, 0.3) is 0 Å². The zero-order chi connectivity index (χ0) is 12.1. The highest BCUT2D eigenvalue weighted by molar-refractivity contribution is 9.10. The van der Waals surface area contributed by atoms with Crippen LogP contribution in [0.4, 0.5) is 5.82 Å². The second kappa shape index (κ2) is 6.45. The topological polar surface area (TPSA) is 16.1 Å². The van der Waals surface area contributed by atoms with Crippen LogP contribution in [-0.2, 0) is 5.88 Å². The molecule has 1 heterocycles. The molecule has 0 aromatic carbocycles. The zero-order valence-corrected chi connectivity index (χ0v) is 12.3. The Bertz CT molecular complexity index is 344. The highest BCUT2D eigenvalue weighted by Gasteiger charge is 2.15. The van der Waals surface area contributed by atoms with Gasteiger partial charge in [-0.25, -0.2) is 4.98 Å². The molecule has 0 N–H and O–H groups in total. The van der Waals surface area contributed by atoms with Crippen molar-refractivity contribution in [2.24, 2.45) is 0 Å². The average molecular weight is 306 g/mol. The molecule has 1 aromatic rings. The van der Waals surface area contributed by atoms with Gasteiger partial charge in [-0.1, -0.05) is 6.92 Å². The fraction of sp³-hybridized carbons (Fsp3) is 0.583. The maximum absolute atomic E-state index is 5.97. The van der Waals surface area contributed by atoms with E-state index in [1.54, 1.807) is 0 Å². The lowest BCUT2D eigenvalue weighted by molar-refractivity contribution is 0.621. The summed E-state index contributed by atoms with van der Waals surface area (Å²) < 4.78 is 0.979. The predicted octanol–water partition coefficient (Wildman–Crippen LogP) is 4.21. The van der Waals surface area contributed by atoms with Crippen molar-refractivity contribution in [2.45, 2.75) is 39.1 Å². The van der Waals surface area contributed by atoms with Gasteiger partial charge in [0.15, 0.2) is 0 Å². The van der Waals surface area contributed by atoms with E-state index in [1.165, 1.54) is 0 Å². The van der Waals surface area contributed by atoms with E-state index in [0.29, 0.717) is 11.9 Å². The molecule has 0 fully saturated rings. The van der Waals surface area contributed by atoms with Gasteiger partial charge in [-0.3, -0.25) is 0 Å². The van der Waals surface area contributed by atoms with Gasteiger partial charge < -0.3 is 4.90 Å². The molecule has 0 aliphatic rings. The van der Waals surface area contributed by atoms with E-state index < -0.39 is 0 Å². The van der Waals surface area contributed by atoms with E-state index in [1.807, 2.05) is 12.3 Å². The van der Waals surface area contributed by atoms with Crippen LogP contribution < -0.4 is 4.90 Å². The van der Waals surface area contributed by atoms with E-state index in [4.69, 9.17) is 11.6 Å². The van der Waals surface area contributed by atoms with Crippen molar-refractivity contribution in [3.05, 3.63) is 22.3 Å². The van der Waals surface area contributed by atoms with Crippen LogP contribution in [0.25, 0.3) is 0 Å². The lowest BCUT2D eigenvalue weighted by atomic mass is 10.2. The molecule has 4 heteroatoms. The third-order valence-corrected chi connectivity index (χ3v) is 3.51. The van der Waals surface area contributed by atoms with Crippen LogP contribution in [0.15, 0.2) is 16.7 Å². The SMILES string of the molecule is CCC(C)N(CC)c1ncc(Br)cc1CCl. The average Bonchev–Trinajstić information content (AvgIpc) is 2.31. The number of hydrogen-bond acceptors (Lipinski definition) is 2. The van der Waals surface area contributed by atoms with Crippen LogP contribution in [0.5, 0.6) is 0 Å². The monoisotopic (exact) mass is 304 g/mol.